The summed E-state index contributed by atoms with van der Waals surface area (Å²) in [4.78, 5) is 2.65. The topological polar surface area (TPSA) is 3.24 Å². The van der Waals surface area contributed by atoms with Crippen molar-refractivity contribution in [1.29, 1.82) is 0 Å². The van der Waals surface area contributed by atoms with Crippen molar-refractivity contribution in [2.24, 2.45) is 17.3 Å². The molecule has 3 heterocycles. The molecule has 0 aromatic heterocycles. The summed E-state index contributed by atoms with van der Waals surface area (Å²) in [7, 11) is 0. The maximum absolute atomic E-state index is 2.65. The van der Waals surface area contributed by atoms with Crippen LogP contribution in [-0.4, -0.2) is 24.5 Å². The highest BCUT2D eigenvalue weighted by atomic mass is 15.2. The van der Waals surface area contributed by atoms with Crippen molar-refractivity contribution in [1.82, 2.24) is 4.90 Å². The lowest BCUT2D eigenvalue weighted by Gasteiger charge is -2.54. The lowest BCUT2D eigenvalue weighted by atomic mass is 9.62. The first kappa shape index (κ1) is 8.55. The van der Waals surface area contributed by atoms with Gasteiger partial charge in [0.25, 0.3) is 0 Å². The highest BCUT2D eigenvalue weighted by Crippen LogP contribution is 2.46. The molecule has 0 amide bonds. The summed E-state index contributed by atoms with van der Waals surface area (Å²) in [6, 6.07) is 0. The number of piperidine rings is 3. The molecule has 0 N–H and O–H groups in total. The predicted octanol–water partition coefficient (Wildman–Crippen LogP) is 2.37. The van der Waals surface area contributed by atoms with E-state index in [1.807, 2.05) is 0 Å². The Balaban J connectivity index is 2.17. The van der Waals surface area contributed by atoms with E-state index in [1.165, 1.54) is 32.5 Å². The number of rotatable bonds is 1. The van der Waals surface area contributed by atoms with Crippen LogP contribution in [0.1, 0.15) is 33.6 Å². The van der Waals surface area contributed by atoms with Gasteiger partial charge in [-0.3, -0.25) is 0 Å². The van der Waals surface area contributed by atoms with E-state index in [2.05, 4.69) is 25.7 Å². The minimum Gasteiger partial charge on any atom is -0.303 e. The molecule has 3 fully saturated rings. The fourth-order valence-corrected chi connectivity index (χ4v) is 3.02. The van der Waals surface area contributed by atoms with Crippen LogP contribution in [0.15, 0.2) is 0 Å². The normalized spacial score (nSPS) is 47.0. The zero-order valence-electron chi connectivity index (χ0n) is 8.64. The van der Waals surface area contributed by atoms with Gasteiger partial charge in [0.05, 0.1) is 0 Å². The Bertz CT molecular complexity index is 168. The summed E-state index contributed by atoms with van der Waals surface area (Å²) in [5.41, 5.74) is 0.622. The number of hydrogen-bond donors (Lipinski definition) is 0. The molecule has 12 heavy (non-hydrogen) atoms. The third kappa shape index (κ3) is 1.10. The van der Waals surface area contributed by atoms with E-state index in [1.54, 1.807) is 0 Å². The first-order valence-corrected chi connectivity index (χ1v) is 5.35. The minimum absolute atomic E-state index is 0.622. The maximum atomic E-state index is 2.65. The summed E-state index contributed by atoms with van der Waals surface area (Å²) in [6.07, 6.45) is 2.91. The van der Waals surface area contributed by atoms with Crippen LogP contribution in [0.3, 0.4) is 0 Å². The summed E-state index contributed by atoms with van der Waals surface area (Å²) in [6.45, 7) is 11.4. The summed E-state index contributed by atoms with van der Waals surface area (Å²) >= 11 is 0. The Morgan fingerprint density at radius 1 is 1.25 bits per heavy atom. The van der Waals surface area contributed by atoms with Crippen LogP contribution >= 0.6 is 0 Å². The smallest absolute Gasteiger partial charge is 0.00404 e. The monoisotopic (exact) mass is 167 g/mol. The van der Waals surface area contributed by atoms with Gasteiger partial charge in [0, 0.05) is 6.54 Å². The van der Waals surface area contributed by atoms with Gasteiger partial charge in [-0.05, 0) is 43.2 Å². The van der Waals surface area contributed by atoms with E-state index in [9.17, 15) is 0 Å². The Hall–Kier alpha value is -0.0400. The molecule has 3 saturated heterocycles. The molecule has 0 aromatic carbocycles. The maximum Gasteiger partial charge on any atom is 0.00404 e. The second kappa shape index (κ2) is 2.73. The van der Waals surface area contributed by atoms with Crippen LogP contribution in [0.4, 0.5) is 0 Å². The first-order chi connectivity index (χ1) is 5.63. The Morgan fingerprint density at radius 3 is 2.08 bits per heavy atom. The van der Waals surface area contributed by atoms with Gasteiger partial charge in [0.2, 0.25) is 0 Å². The quantitative estimate of drug-likeness (QED) is 0.579. The van der Waals surface area contributed by atoms with Gasteiger partial charge in [-0.25, -0.2) is 0 Å². The third-order valence-electron chi connectivity index (χ3n) is 4.40. The van der Waals surface area contributed by atoms with Crippen LogP contribution in [0.25, 0.3) is 0 Å². The van der Waals surface area contributed by atoms with E-state index in [0.29, 0.717) is 5.41 Å². The van der Waals surface area contributed by atoms with Crippen LogP contribution in [0, 0.1) is 17.3 Å². The lowest BCUT2D eigenvalue weighted by molar-refractivity contribution is -0.0462. The molecule has 1 atom stereocenters. The number of hydrogen-bond acceptors (Lipinski definition) is 1. The van der Waals surface area contributed by atoms with Crippen molar-refractivity contribution < 1.29 is 0 Å². The van der Waals surface area contributed by atoms with E-state index in [4.69, 9.17) is 0 Å². The molecular weight excluding hydrogens is 146 g/mol. The third-order valence-corrected chi connectivity index (χ3v) is 4.40. The molecule has 0 aliphatic carbocycles. The van der Waals surface area contributed by atoms with Crippen molar-refractivity contribution in [2.75, 3.05) is 19.6 Å². The summed E-state index contributed by atoms with van der Waals surface area (Å²) in [5, 5.41) is 0. The highest BCUT2D eigenvalue weighted by molar-refractivity contribution is 4.96. The van der Waals surface area contributed by atoms with Crippen molar-refractivity contribution in [3.05, 3.63) is 0 Å². The average Bonchev–Trinajstić information content (AvgIpc) is 2.05. The molecule has 0 saturated carbocycles. The van der Waals surface area contributed by atoms with Crippen LogP contribution in [-0.2, 0) is 0 Å². The Morgan fingerprint density at radius 2 is 1.83 bits per heavy atom. The zero-order valence-corrected chi connectivity index (χ0v) is 8.64. The molecule has 1 unspecified atom stereocenters. The van der Waals surface area contributed by atoms with Crippen molar-refractivity contribution >= 4 is 0 Å². The molecule has 0 aromatic rings. The lowest BCUT2D eigenvalue weighted by Crippen LogP contribution is -2.55. The van der Waals surface area contributed by atoms with Crippen LogP contribution in [0.5, 0.6) is 0 Å². The first-order valence-electron chi connectivity index (χ1n) is 5.35. The van der Waals surface area contributed by atoms with E-state index in [-0.39, 0.29) is 0 Å². The summed E-state index contributed by atoms with van der Waals surface area (Å²) in [5.74, 6) is 1.87. The fraction of sp³-hybridized carbons (Fsp3) is 1.00. The molecule has 1 nitrogen and oxygen atoms in total. The molecule has 70 valence electrons. The molecule has 0 radical (unpaired) electrons. The van der Waals surface area contributed by atoms with E-state index in [0.717, 1.165) is 11.8 Å². The van der Waals surface area contributed by atoms with E-state index < -0.39 is 0 Å². The van der Waals surface area contributed by atoms with Crippen molar-refractivity contribution in [3.63, 3.8) is 0 Å². The molecule has 3 rings (SSSR count). The minimum atomic E-state index is 0.622. The second-order valence-electron chi connectivity index (χ2n) is 5.21. The van der Waals surface area contributed by atoms with Gasteiger partial charge in [-0.2, -0.15) is 0 Å². The Labute approximate surface area is 76.1 Å². The molecule has 3 aliphatic rings. The number of nitrogens with zero attached hydrogens (tertiary/aromatic N) is 1. The molecular formula is C11H21N. The molecule has 3 aliphatic heterocycles. The average molecular weight is 167 g/mol. The van der Waals surface area contributed by atoms with Gasteiger partial charge in [-0.1, -0.05) is 20.8 Å². The van der Waals surface area contributed by atoms with Gasteiger partial charge in [0.1, 0.15) is 0 Å². The van der Waals surface area contributed by atoms with E-state index >= 15 is 0 Å². The molecule has 0 spiro atoms. The predicted molar refractivity (Wildman–Crippen MR) is 52.1 cm³/mol. The van der Waals surface area contributed by atoms with Crippen LogP contribution in [0.2, 0.25) is 0 Å². The summed E-state index contributed by atoms with van der Waals surface area (Å²) < 4.78 is 0. The van der Waals surface area contributed by atoms with Gasteiger partial charge in [-0.15, -0.1) is 0 Å². The molecule has 2 bridgehead atoms. The molecule has 1 heteroatoms. The SMILES string of the molecule is CC(C)C1(C)CN2CCC1CC2. The zero-order chi connectivity index (χ0) is 8.77. The van der Waals surface area contributed by atoms with Crippen molar-refractivity contribution in [3.8, 4) is 0 Å². The largest absolute Gasteiger partial charge is 0.303 e. The fourth-order valence-electron chi connectivity index (χ4n) is 3.02. The van der Waals surface area contributed by atoms with Gasteiger partial charge < -0.3 is 4.90 Å². The highest BCUT2D eigenvalue weighted by Gasteiger charge is 2.44. The number of fused-ring (bicyclic) bond motifs is 3. The second-order valence-corrected chi connectivity index (χ2v) is 5.21. The van der Waals surface area contributed by atoms with Crippen LogP contribution < -0.4 is 0 Å². The Kier molecular flexibility index (Phi) is 1.95. The van der Waals surface area contributed by atoms with Gasteiger partial charge >= 0.3 is 0 Å². The van der Waals surface area contributed by atoms with Crippen molar-refractivity contribution in [2.45, 2.75) is 33.6 Å². The van der Waals surface area contributed by atoms with Gasteiger partial charge in [0.15, 0.2) is 0 Å². The standard InChI is InChI=1S/C11H21N/c1-9(2)11(3)8-12-6-4-10(11)5-7-12/h9-10H,4-8H2,1-3H3.